The van der Waals surface area contributed by atoms with Crippen LogP contribution in [0.5, 0.6) is 11.5 Å². The molecule has 0 bridgehead atoms. The number of amides is 2. The zero-order valence-electron chi connectivity index (χ0n) is 11.3. The van der Waals surface area contributed by atoms with Gasteiger partial charge in [0.25, 0.3) is 0 Å². The van der Waals surface area contributed by atoms with Gasteiger partial charge in [0.05, 0.1) is 14.2 Å². The number of aryl methyl sites for hydroxylation is 1. The maximum atomic E-state index is 11.1. The highest BCUT2D eigenvalue weighted by Gasteiger charge is 2.09. The van der Waals surface area contributed by atoms with Crippen molar-refractivity contribution < 1.29 is 14.3 Å². The van der Waals surface area contributed by atoms with E-state index in [9.17, 15) is 4.79 Å². The largest absolute Gasteiger partial charge is 0.497 e. The number of carbonyl (C=O) groups is 1. The summed E-state index contributed by atoms with van der Waals surface area (Å²) in [4.78, 5) is 11.1. The Labute approximate surface area is 107 Å². The summed E-state index contributed by atoms with van der Waals surface area (Å²) in [5, 5.41) is 5.26. The van der Waals surface area contributed by atoms with Crippen LogP contribution in [0.3, 0.4) is 0 Å². The van der Waals surface area contributed by atoms with Crippen molar-refractivity contribution in [1.82, 2.24) is 10.6 Å². The van der Waals surface area contributed by atoms with Crippen LogP contribution >= 0.6 is 0 Å². The molecule has 5 heteroatoms. The van der Waals surface area contributed by atoms with E-state index in [2.05, 4.69) is 10.6 Å². The molecule has 0 heterocycles. The van der Waals surface area contributed by atoms with E-state index in [4.69, 9.17) is 9.47 Å². The molecule has 5 nitrogen and oxygen atoms in total. The van der Waals surface area contributed by atoms with E-state index in [1.807, 2.05) is 19.1 Å². The highest BCUT2D eigenvalue weighted by molar-refractivity contribution is 5.73. The molecule has 0 aliphatic rings. The molecule has 0 fully saturated rings. The van der Waals surface area contributed by atoms with E-state index in [-0.39, 0.29) is 6.03 Å². The predicted molar refractivity (Wildman–Crippen MR) is 70.4 cm³/mol. The molecular formula is C13H20N2O3. The van der Waals surface area contributed by atoms with Gasteiger partial charge in [-0.05, 0) is 30.5 Å². The number of hydrogen-bond acceptors (Lipinski definition) is 3. The van der Waals surface area contributed by atoms with Crippen LogP contribution in [0.1, 0.15) is 11.1 Å². The van der Waals surface area contributed by atoms with Gasteiger partial charge >= 0.3 is 6.03 Å². The van der Waals surface area contributed by atoms with Gasteiger partial charge in [-0.15, -0.1) is 0 Å². The lowest BCUT2D eigenvalue weighted by molar-refractivity contribution is 0.243. The van der Waals surface area contributed by atoms with Gasteiger partial charge in [0.15, 0.2) is 0 Å². The summed E-state index contributed by atoms with van der Waals surface area (Å²) in [5.74, 6) is 1.55. The van der Waals surface area contributed by atoms with Crippen molar-refractivity contribution in [3.63, 3.8) is 0 Å². The van der Waals surface area contributed by atoms with Gasteiger partial charge in [-0.25, -0.2) is 4.79 Å². The Morgan fingerprint density at radius 1 is 1.28 bits per heavy atom. The zero-order valence-corrected chi connectivity index (χ0v) is 11.3. The average molecular weight is 252 g/mol. The fraction of sp³-hybridized carbons (Fsp3) is 0.462. The molecular weight excluding hydrogens is 232 g/mol. The van der Waals surface area contributed by atoms with Gasteiger partial charge in [-0.3, -0.25) is 0 Å². The first-order valence-electron chi connectivity index (χ1n) is 5.79. The summed E-state index contributed by atoms with van der Waals surface area (Å²) in [7, 11) is 4.85. The maximum absolute atomic E-state index is 11.1. The summed E-state index contributed by atoms with van der Waals surface area (Å²) in [5.41, 5.74) is 2.17. The van der Waals surface area contributed by atoms with Gasteiger partial charge in [0, 0.05) is 19.7 Å². The average Bonchev–Trinajstić information content (AvgIpc) is 2.39. The van der Waals surface area contributed by atoms with Crippen molar-refractivity contribution >= 4 is 6.03 Å². The van der Waals surface area contributed by atoms with Crippen LogP contribution < -0.4 is 20.1 Å². The number of carbonyl (C=O) groups excluding carboxylic acids is 1. The molecule has 0 aliphatic heterocycles. The standard InChI is InChI=1S/C13H20N2O3/c1-9-7-10(17-3)8-12(18-4)11(9)5-6-15-13(16)14-2/h7-8H,5-6H2,1-4H3,(H2,14,15,16). The summed E-state index contributed by atoms with van der Waals surface area (Å²) in [6, 6.07) is 3.63. The molecule has 2 amide bonds. The van der Waals surface area contributed by atoms with Gasteiger partial charge in [-0.1, -0.05) is 0 Å². The van der Waals surface area contributed by atoms with E-state index < -0.39 is 0 Å². The third kappa shape index (κ3) is 3.55. The van der Waals surface area contributed by atoms with E-state index in [1.54, 1.807) is 21.3 Å². The molecule has 18 heavy (non-hydrogen) atoms. The third-order valence-corrected chi connectivity index (χ3v) is 2.75. The SMILES string of the molecule is CNC(=O)NCCc1c(C)cc(OC)cc1OC. The molecule has 0 aromatic heterocycles. The van der Waals surface area contributed by atoms with E-state index >= 15 is 0 Å². The van der Waals surface area contributed by atoms with Gasteiger partial charge < -0.3 is 20.1 Å². The normalized spacial score (nSPS) is 9.78. The lowest BCUT2D eigenvalue weighted by atomic mass is 10.0. The number of ether oxygens (including phenoxy) is 2. The molecule has 0 unspecified atom stereocenters. The molecule has 0 aliphatic carbocycles. The van der Waals surface area contributed by atoms with Crippen molar-refractivity contribution in [1.29, 1.82) is 0 Å². The second kappa shape index (κ2) is 6.74. The predicted octanol–water partition coefficient (Wildman–Crippen LogP) is 1.48. The molecule has 0 saturated carbocycles. The molecule has 1 aromatic carbocycles. The van der Waals surface area contributed by atoms with Crippen LogP contribution in [0.2, 0.25) is 0 Å². The Morgan fingerprint density at radius 3 is 2.56 bits per heavy atom. The molecule has 100 valence electrons. The molecule has 2 N–H and O–H groups in total. The number of nitrogens with one attached hydrogen (secondary N) is 2. The van der Waals surface area contributed by atoms with E-state index in [1.165, 1.54) is 0 Å². The molecule has 0 atom stereocenters. The Morgan fingerprint density at radius 2 is 2.00 bits per heavy atom. The first kappa shape index (κ1) is 14.2. The van der Waals surface area contributed by atoms with Crippen molar-refractivity contribution in [2.75, 3.05) is 27.8 Å². The van der Waals surface area contributed by atoms with Crippen LogP contribution in [0, 0.1) is 6.92 Å². The Hall–Kier alpha value is -1.91. The summed E-state index contributed by atoms with van der Waals surface area (Å²) in [6.45, 7) is 2.56. The third-order valence-electron chi connectivity index (χ3n) is 2.75. The topological polar surface area (TPSA) is 59.6 Å². The number of hydrogen-bond donors (Lipinski definition) is 2. The van der Waals surface area contributed by atoms with E-state index in [0.29, 0.717) is 13.0 Å². The Kier molecular flexibility index (Phi) is 5.30. The highest BCUT2D eigenvalue weighted by atomic mass is 16.5. The first-order valence-corrected chi connectivity index (χ1v) is 5.79. The molecule has 1 rings (SSSR count). The number of benzene rings is 1. The van der Waals surface area contributed by atoms with Crippen molar-refractivity contribution in [2.24, 2.45) is 0 Å². The summed E-state index contributed by atoms with van der Waals surface area (Å²) >= 11 is 0. The fourth-order valence-electron chi connectivity index (χ4n) is 1.76. The van der Waals surface area contributed by atoms with Gasteiger partial charge in [-0.2, -0.15) is 0 Å². The van der Waals surface area contributed by atoms with Crippen molar-refractivity contribution in [2.45, 2.75) is 13.3 Å². The Balaban J connectivity index is 2.78. The van der Waals surface area contributed by atoms with Crippen LogP contribution in [-0.4, -0.2) is 33.8 Å². The van der Waals surface area contributed by atoms with Crippen molar-refractivity contribution in [3.05, 3.63) is 23.3 Å². The molecule has 1 aromatic rings. The van der Waals surface area contributed by atoms with Crippen LogP contribution in [-0.2, 0) is 6.42 Å². The molecule has 0 saturated heterocycles. The molecule has 0 radical (unpaired) electrons. The zero-order chi connectivity index (χ0) is 13.5. The van der Waals surface area contributed by atoms with Crippen LogP contribution in [0.4, 0.5) is 4.79 Å². The number of rotatable bonds is 5. The van der Waals surface area contributed by atoms with Gasteiger partial charge in [0.2, 0.25) is 0 Å². The minimum Gasteiger partial charge on any atom is -0.497 e. The van der Waals surface area contributed by atoms with E-state index in [0.717, 1.165) is 22.6 Å². The minimum atomic E-state index is -0.180. The number of urea groups is 1. The Bertz CT molecular complexity index is 419. The second-order valence-corrected chi connectivity index (χ2v) is 3.88. The first-order chi connectivity index (χ1) is 8.62. The van der Waals surface area contributed by atoms with Crippen molar-refractivity contribution in [3.8, 4) is 11.5 Å². The molecule has 0 spiro atoms. The quantitative estimate of drug-likeness (QED) is 0.834. The smallest absolute Gasteiger partial charge is 0.314 e. The minimum absolute atomic E-state index is 0.180. The fourth-order valence-corrected chi connectivity index (χ4v) is 1.76. The highest BCUT2D eigenvalue weighted by Crippen LogP contribution is 2.28. The van der Waals surface area contributed by atoms with Crippen LogP contribution in [0.15, 0.2) is 12.1 Å². The summed E-state index contributed by atoms with van der Waals surface area (Å²) in [6.07, 6.45) is 0.715. The van der Waals surface area contributed by atoms with Gasteiger partial charge in [0.1, 0.15) is 11.5 Å². The maximum Gasteiger partial charge on any atom is 0.314 e. The monoisotopic (exact) mass is 252 g/mol. The second-order valence-electron chi connectivity index (χ2n) is 3.88. The summed E-state index contributed by atoms with van der Waals surface area (Å²) < 4.78 is 10.5. The lowest BCUT2D eigenvalue weighted by Gasteiger charge is -2.14. The number of methoxy groups -OCH3 is 2. The lowest BCUT2D eigenvalue weighted by Crippen LogP contribution is -2.34. The van der Waals surface area contributed by atoms with Crippen LogP contribution in [0.25, 0.3) is 0 Å².